The van der Waals surface area contributed by atoms with Crippen molar-refractivity contribution in [1.29, 1.82) is 0 Å². The zero-order chi connectivity index (χ0) is 12.4. The van der Waals surface area contributed by atoms with Crippen molar-refractivity contribution in [3.05, 3.63) is 53.6 Å². The quantitative estimate of drug-likeness (QED) is 0.806. The third-order valence-electron chi connectivity index (χ3n) is 2.19. The summed E-state index contributed by atoms with van der Waals surface area (Å²) in [5.74, 6) is -0.993. The molecule has 0 aliphatic heterocycles. The van der Waals surface area contributed by atoms with Gasteiger partial charge in [0.25, 0.3) is 0 Å². The zero-order valence-electron chi connectivity index (χ0n) is 9.21. The number of halogens is 2. The Kier molecular flexibility index (Phi) is 2.95. The summed E-state index contributed by atoms with van der Waals surface area (Å²) >= 11 is 0. The number of nitrogen functional groups attached to an aromatic ring is 1. The normalized spacial score (nSPS) is 10.3. The minimum Gasteiger partial charge on any atom is -0.454 e. The van der Waals surface area contributed by atoms with Crippen molar-refractivity contribution in [2.45, 2.75) is 6.92 Å². The van der Waals surface area contributed by atoms with Crippen molar-refractivity contribution in [1.82, 2.24) is 0 Å². The van der Waals surface area contributed by atoms with E-state index in [0.717, 1.165) is 17.7 Å². The molecule has 17 heavy (non-hydrogen) atoms. The number of benzene rings is 2. The molecule has 2 aromatic carbocycles. The number of ether oxygens (including phenoxy) is 1. The lowest BCUT2D eigenvalue weighted by atomic mass is 10.2. The minimum absolute atomic E-state index is 0.0311. The van der Waals surface area contributed by atoms with Crippen molar-refractivity contribution in [3.8, 4) is 11.5 Å². The zero-order valence-corrected chi connectivity index (χ0v) is 9.21. The van der Waals surface area contributed by atoms with Crippen molar-refractivity contribution in [2.75, 3.05) is 5.73 Å². The molecule has 4 heteroatoms. The maximum Gasteiger partial charge on any atom is 0.168 e. The molecular formula is C13H11F2NO. The Morgan fingerprint density at radius 1 is 1.06 bits per heavy atom. The molecular weight excluding hydrogens is 224 g/mol. The van der Waals surface area contributed by atoms with Gasteiger partial charge in [-0.3, -0.25) is 0 Å². The van der Waals surface area contributed by atoms with Crippen molar-refractivity contribution in [2.24, 2.45) is 0 Å². The molecule has 2 N–H and O–H groups in total. The Morgan fingerprint density at radius 3 is 2.47 bits per heavy atom. The summed E-state index contributed by atoms with van der Waals surface area (Å²) in [4.78, 5) is 0. The second-order valence-electron chi connectivity index (χ2n) is 3.76. The Morgan fingerprint density at radius 2 is 1.82 bits per heavy atom. The molecule has 2 rings (SSSR count). The first kappa shape index (κ1) is 11.4. The summed E-state index contributed by atoms with van der Waals surface area (Å²) in [5, 5.41) is 0. The fourth-order valence-electron chi connectivity index (χ4n) is 1.52. The maximum atomic E-state index is 13.3. The number of hydrogen-bond donors (Lipinski definition) is 1. The number of hydrogen-bond acceptors (Lipinski definition) is 2. The van der Waals surface area contributed by atoms with E-state index in [1.54, 1.807) is 18.2 Å². The third-order valence-corrected chi connectivity index (χ3v) is 2.19. The Balaban J connectivity index is 2.31. The fraction of sp³-hybridized carbons (Fsp3) is 0.0769. The molecule has 0 atom stereocenters. The van der Waals surface area contributed by atoms with E-state index < -0.39 is 11.6 Å². The molecule has 2 aromatic rings. The van der Waals surface area contributed by atoms with E-state index in [1.807, 2.05) is 6.92 Å². The van der Waals surface area contributed by atoms with E-state index in [9.17, 15) is 8.78 Å². The number of anilines is 1. The summed E-state index contributed by atoms with van der Waals surface area (Å²) in [5.41, 5.74) is 7.08. The van der Waals surface area contributed by atoms with E-state index >= 15 is 0 Å². The van der Waals surface area contributed by atoms with E-state index in [4.69, 9.17) is 10.5 Å². The number of rotatable bonds is 2. The van der Waals surface area contributed by atoms with E-state index in [2.05, 4.69) is 0 Å². The molecule has 0 aliphatic carbocycles. The first-order valence-corrected chi connectivity index (χ1v) is 5.04. The molecule has 0 fully saturated rings. The van der Waals surface area contributed by atoms with Gasteiger partial charge in [-0.2, -0.15) is 0 Å². The van der Waals surface area contributed by atoms with Crippen LogP contribution >= 0.6 is 0 Å². The summed E-state index contributed by atoms with van der Waals surface area (Å²) in [6, 6.07) is 8.22. The van der Waals surface area contributed by atoms with Gasteiger partial charge in [-0.15, -0.1) is 0 Å². The molecule has 0 aliphatic rings. The second kappa shape index (κ2) is 4.41. The van der Waals surface area contributed by atoms with Gasteiger partial charge in [0.1, 0.15) is 11.6 Å². The topological polar surface area (TPSA) is 35.2 Å². The van der Waals surface area contributed by atoms with Gasteiger partial charge in [-0.05, 0) is 36.8 Å². The Hall–Kier alpha value is -2.10. The molecule has 0 spiro atoms. The second-order valence-corrected chi connectivity index (χ2v) is 3.76. The summed E-state index contributed by atoms with van der Waals surface area (Å²) < 4.78 is 31.3. The third kappa shape index (κ3) is 2.72. The Labute approximate surface area is 97.6 Å². The van der Waals surface area contributed by atoms with Crippen LogP contribution in [0.5, 0.6) is 11.5 Å². The highest BCUT2D eigenvalue weighted by Gasteiger charge is 2.06. The largest absolute Gasteiger partial charge is 0.454 e. The van der Waals surface area contributed by atoms with Crippen molar-refractivity contribution < 1.29 is 13.5 Å². The van der Waals surface area contributed by atoms with Crippen LogP contribution in [0.15, 0.2) is 36.4 Å². The predicted molar refractivity (Wildman–Crippen MR) is 62.0 cm³/mol. The van der Waals surface area contributed by atoms with Crippen LogP contribution in [0.4, 0.5) is 14.5 Å². The summed E-state index contributed by atoms with van der Waals surface area (Å²) in [6.45, 7) is 1.85. The summed E-state index contributed by atoms with van der Waals surface area (Å²) in [6.07, 6.45) is 0. The molecule has 0 aromatic heterocycles. The highest BCUT2D eigenvalue weighted by atomic mass is 19.1. The van der Waals surface area contributed by atoms with Gasteiger partial charge >= 0.3 is 0 Å². The van der Waals surface area contributed by atoms with Crippen LogP contribution in [-0.2, 0) is 0 Å². The number of nitrogens with two attached hydrogens (primary N) is 1. The molecule has 2 nitrogen and oxygen atoms in total. The van der Waals surface area contributed by atoms with Gasteiger partial charge in [0.15, 0.2) is 11.6 Å². The SMILES string of the molecule is Cc1cc(N)cc(Oc2ccc(F)cc2F)c1. The van der Waals surface area contributed by atoms with Crippen LogP contribution in [-0.4, -0.2) is 0 Å². The molecule has 0 amide bonds. The molecule has 0 unspecified atom stereocenters. The monoisotopic (exact) mass is 235 g/mol. The van der Waals surface area contributed by atoms with E-state index in [-0.39, 0.29) is 5.75 Å². The lowest BCUT2D eigenvalue weighted by molar-refractivity contribution is 0.437. The van der Waals surface area contributed by atoms with Crippen LogP contribution in [0, 0.1) is 18.6 Å². The molecule has 0 radical (unpaired) electrons. The molecule has 0 bridgehead atoms. The summed E-state index contributed by atoms with van der Waals surface area (Å²) in [7, 11) is 0. The highest BCUT2D eigenvalue weighted by Crippen LogP contribution is 2.27. The van der Waals surface area contributed by atoms with Crippen LogP contribution in [0.3, 0.4) is 0 Å². The average Bonchev–Trinajstić information content (AvgIpc) is 2.21. The fourth-order valence-corrected chi connectivity index (χ4v) is 1.52. The lowest BCUT2D eigenvalue weighted by Crippen LogP contribution is -1.92. The standard InChI is InChI=1S/C13H11F2NO/c1-8-4-10(16)7-11(5-8)17-13-3-2-9(14)6-12(13)15/h2-7H,16H2,1H3. The first-order chi connectivity index (χ1) is 8.04. The molecule has 0 saturated carbocycles. The maximum absolute atomic E-state index is 13.3. The van der Waals surface area contributed by atoms with Crippen molar-refractivity contribution in [3.63, 3.8) is 0 Å². The smallest absolute Gasteiger partial charge is 0.168 e. The van der Waals surface area contributed by atoms with Crippen LogP contribution < -0.4 is 10.5 Å². The van der Waals surface area contributed by atoms with Gasteiger partial charge in [0, 0.05) is 17.8 Å². The first-order valence-electron chi connectivity index (χ1n) is 5.04. The van der Waals surface area contributed by atoms with Gasteiger partial charge in [0.05, 0.1) is 0 Å². The highest BCUT2D eigenvalue weighted by molar-refractivity contribution is 5.48. The molecule has 0 heterocycles. The Bertz CT molecular complexity index is 535. The van der Waals surface area contributed by atoms with Crippen molar-refractivity contribution >= 4 is 5.69 Å². The number of aryl methyl sites for hydroxylation is 1. The van der Waals surface area contributed by atoms with Gasteiger partial charge in [0.2, 0.25) is 0 Å². The minimum atomic E-state index is -0.745. The predicted octanol–water partition coefficient (Wildman–Crippen LogP) is 3.65. The van der Waals surface area contributed by atoms with Crippen LogP contribution in [0.25, 0.3) is 0 Å². The van der Waals surface area contributed by atoms with Gasteiger partial charge in [-0.25, -0.2) is 8.78 Å². The lowest BCUT2D eigenvalue weighted by Gasteiger charge is -2.08. The van der Waals surface area contributed by atoms with E-state index in [1.165, 1.54) is 6.07 Å². The average molecular weight is 235 g/mol. The molecule has 0 saturated heterocycles. The van der Waals surface area contributed by atoms with Crippen LogP contribution in [0.1, 0.15) is 5.56 Å². The van der Waals surface area contributed by atoms with E-state index in [0.29, 0.717) is 11.4 Å². The van der Waals surface area contributed by atoms with Gasteiger partial charge < -0.3 is 10.5 Å². The molecule has 88 valence electrons. The van der Waals surface area contributed by atoms with Crippen LogP contribution in [0.2, 0.25) is 0 Å². The van der Waals surface area contributed by atoms with Gasteiger partial charge in [-0.1, -0.05) is 0 Å².